The normalized spacial score (nSPS) is 19.1. The van der Waals surface area contributed by atoms with Crippen LogP contribution in [0.25, 0.3) is 11.1 Å². The molecule has 20 heavy (non-hydrogen) atoms. The van der Waals surface area contributed by atoms with Gasteiger partial charge in [-0.15, -0.1) is 0 Å². The van der Waals surface area contributed by atoms with Gasteiger partial charge >= 0.3 is 5.97 Å². The Kier molecular flexibility index (Phi) is 2.74. The molecule has 2 amide bonds. The second-order valence-electron chi connectivity index (χ2n) is 4.54. The van der Waals surface area contributed by atoms with Crippen LogP contribution in [0.5, 0.6) is 0 Å². The predicted molar refractivity (Wildman–Crippen MR) is 66.1 cm³/mol. The third-order valence-electron chi connectivity index (χ3n) is 3.28. The molecule has 1 saturated heterocycles. The number of fused-ring (bicyclic) bond motifs is 1. The Morgan fingerprint density at radius 1 is 1.40 bits per heavy atom. The van der Waals surface area contributed by atoms with Gasteiger partial charge in [-0.05, 0) is 18.6 Å². The van der Waals surface area contributed by atoms with Gasteiger partial charge in [-0.1, -0.05) is 0 Å². The molecular weight excluding hydrogens is 264 g/mol. The topological polar surface area (TPSA) is 110 Å². The zero-order chi connectivity index (χ0) is 14.3. The number of aromatic carboxylic acids is 1. The summed E-state index contributed by atoms with van der Waals surface area (Å²) in [6.07, 6.45) is 1.99. The monoisotopic (exact) mass is 274 g/mol. The first-order chi connectivity index (χ1) is 9.56. The summed E-state index contributed by atoms with van der Waals surface area (Å²) in [5, 5.41) is 11.2. The molecule has 0 aromatic carbocycles. The van der Waals surface area contributed by atoms with E-state index in [9.17, 15) is 14.4 Å². The van der Waals surface area contributed by atoms with Crippen molar-refractivity contribution in [3.8, 4) is 0 Å². The van der Waals surface area contributed by atoms with Crippen LogP contribution in [0.2, 0.25) is 0 Å². The highest BCUT2D eigenvalue weighted by Gasteiger charge is 2.31. The number of hydrogen-bond donors (Lipinski definition) is 2. The van der Waals surface area contributed by atoms with Crippen molar-refractivity contribution in [1.29, 1.82) is 0 Å². The highest BCUT2D eigenvalue weighted by molar-refractivity contribution is 6.02. The van der Waals surface area contributed by atoms with Crippen LogP contribution < -0.4 is 5.32 Å². The average Bonchev–Trinajstić information content (AvgIpc) is 2.81. The van der Waals surface area contributed by atoms with Gasteiger partial charge in [-0.25, -0.2) is 9.78 Å². The van der Waals surface area contributed by atoms with Gasteiger partial charge in [0.25, 0.3) is 0 Å². The molecule has 0 spiro atoms. The summed E-state index contributed by atoms with van der Waals surface area (Å²) < 4.78 is 5.29. The van der Waals surface area contributed by atoms with Gasteiger partial charge < -0.3 is 9.52 Å². The van der Waals surface area contributed by atoms with Crippen LogP contribution in [0.15, 0.2) is 22.8 Å². The summed E-state index contributed by atoms with van der Waals surface area (Å²) in [5.74, 6) is -2.42. The molecule has 7 nitrogen and oxygen atoms in total. The molecule has 102 valence electrons. The number of carboxylic acids is 1. The molecule has 3 rings (SSSR count). The van der Waals surface area contributed by atoms with Gasteiger partial charge in [0.05, 0.1) is 12.2 Å². The number of rotatable bonds is 2. The first kappa shape index (κ1) is 12.3. The first-order valence-corrected chi connectivity index (χ1v) is 6.01. The van der Waals surface area contributed by atoms with Crippen LogP contribution >= 0.6 is 0 Å². The van der Waals surface area contributed by atoms with E-state index in [2.05, 4.69) is 10.3 Å². The fourth-order valence-electron chi connectivity index (χ4n) is 2.29. The van der Waals surface area contributed by atoms with Crippen LogP contribution in [0.4, 0.5) is 0 Å². The van der Waals surface area contributed by atoms with E-state index in [1.54, 1.807) is 0 Å². The summed E-state index contributed by atoms with van der Waals surface area (Å²) in [6.45, 7) is 0. The van der Waals surface area contributed by atoms with Crippen molar-refractivity contribution < 1.29 is 23.9 Å². The lowest BCUT2D eigenvalue weighted by atomic mass is 9.91. The number of aromatic nitrogens is 1. The Labute approximate surface area is 112 Å². The van der Waals surface area contributed by atoms with Crippen LogP contribution in [0, 0.1) is 0 Å². The Morgan fingerprint density at radius 3 is 2.90 bits per heavy atom. The molecule has 2 N–H and O–H groups in total. The van der Waals surface area contributed by atoms with Crippen LogP contribution in [0.1, 0.15) is 34.8 Å². The van der Waals surface area contributed by atoms with E-state index in [4.69, 9.17) is 9.52 Å². The molecule has 1 atom stereocenters. The number of nitrogens with one attached hydrogen (secondary N) is 1. The lowest BCUT2D eigenvalue weighted by Gasteiger charge is -2.19. The van der Waals surface area contributed by atoms with Crippen molar-refractivity contribution in [2.24, 2.45) is 0 Å². The Hall–Kier alpha value is -2.70. The molecule has 2 aromatic heterocycles. The Bertz CT molecular complexity index is 733. The molecule has 3 heterocycles. The smallest absolute Gasteiger partial charge is 0.354 e. The molecule has 7 heteroatoms. The van der Waals surface area contributed by atoms with Gasteiger partial charge in [0, 0.05) is 12.0 Å². The summed E-state index contributed by atoms with van der Waals surface area (Å²) in [6, 6.07) is 2.84. The summed E-state index contributed by atoms with van der Waals surface area (Å²) >= 11 is 0. The molecular formula is C13H10N2O5. The number of amides is 2. The van der Waals surface area contributed by atoms with Crippen molar-refractivity contribution in [3.05, 3.63) is 29.7 Å². The second-order valence-corrected chi connectivity index (χ2v) is 4.54. The van der Waals surface area contributed by atoms with E-state index in [0.29, 0.717) is 23.1 Å². The van der Waals surface area contributed by atoms with E-state index in [1.807, 2.05) is 0 Å². The molecule has 0 aliphatic carbocycles. The first-order valence-electron chi connectivity index (χ1n) is 6.01. The molecule has 0 bridgehead atoms. The van der Waals surface area contributed by atoms with Crippen LogP contribution in [-0.2, 0) is 9.59 Å². The number of furan rings is 1. The fraction of sp³-hybridized carbons (Fsp3) is 0.231. The van der Waals surface area contributed by atoms with Gasteiger partial charge in [0.15, 0.2) is 5.58 Å². The number of carbonyl (C=O) groups is 3. The fourth-order valence-corrected chi connectivity index (χ4v) is 2.29. The third kappa shape index (κ3) is 1.93. The minimum atomic E-state index is -1.15. The quantitative estimate of drug-likeness (QED) is 0.792. The van der Waals surface area contributed by atoms with Crippen molar-refractivity contribution in [1.82, 2.24) is 10.3 Å². The zero-order valence-corrected chi connectivity index (χ0v) is 10.3. The maximum absolute atomic E-state index is 11.8. The van der Waals surface area contributed by atoms with E-state index < -0.39 is 17.8 Å². The van der Waals surface area contributed by atoms with Gasteiger partial charge in [0.1, 0.15) is 11.2 Å². The zero-order valence-electron chi connectivity index (χ0n) is 10.3. The van der Waals surface area contributed by atoms with Gasteiger partial charge in [-0.3, -0.25) is 14.9 Å². The second kappa shape index (κ2) is 4.44. The largest absolute Gasteiger partial charge is 0.477 e. The molecule has 1 aliphatic rings. The minimum Gasteiger partial charge on any atom is -0.477 e. The maximum atomic E-state index is 11.8. The molecule has 0 radical (unpaired) electrons. The van der Waals surface area contributed by atoms with E-state index in [-0.39, 0.29) is 18.0 Å². The third-order valence-corrected chi connectivity index (χ3v) is 3.28. The standard InChI is InChI=1S/C13H10N2O5/c16-10-4-1-6(12(17)15-10)7-5-20-9-3-2-8(13(18)19)14-11(7)9/h2-3,5-6H,1,4H2,(H,18,19)(H,15,16,17). The minimum absolute atomic E-state index is 0.118. The highest BCUT2D eigenvalue weighted by Crippen LogP contribution is 2.31. The summed E-state index contributed by atoms with van der Waals surface area (Å²) in [4.78, 5) is 37.9. The number of carbonyl (C=O) groups excluding carboxylic acids is 2. The molecule has 2 aromatic rings. The SMILES string of the molecule is O=C1CCC(c2coc3ccc(C(=O)O)nc23)C(=O)N1. The van der Waals surface area contributed by atoms with Gasteiger partial charge in [-0.2, -0.15) is 0 Å². The molecule has 1 aliphatic heterocycles. The molecule has 1 unspecified atom stereocenters. The summed E-state index contributed by atoms with van der Waals surface area (Å²) in [5.41, 5.74) is 1.15. The Morgan fingerprint density at radius 2 is 2.20 bits per heavy atom. The van der Waals surface area contributed by atoms with E-state index in [0.717, 1.165) is 0 Å². The lowest BCUT2D eigenvalue weighted by molar-refractivity contribution is -0.134. The highest BCUT2D eigenvalue weighted by atomic mass is 16.4. The van der Waals surface area contributed by atoms with Crippen LogP contribution in [0.3, 0.4) is 0 Å². The molecule has 1 fully saturated rings. The van der Waals surface area contributed by atoms with Crippen molar-refractivity contribution in [3.63, 3.8) is 0 Å². The van der Waals surface area contributed by atoms with E-state index in [1.165, 1.54) is 18.4 Å². The number of carboxylic acid groups (broad SMARTS) is 1. The number of piperidine rings is 1. The number of imide groups is 1. The molecule has 0 saturated carbocycles. The maximum Gasteiger partial charge on any atom is 0.354 e. The number of pyridine rings is 1. The number of nitrogens with zero attached hydrogens (tertiary/aromatic N) is 1. The summed E-state index contributed by atoms with van der Waals surface area (Å²) in [7, 11) is 0. The van der Waals surface area contributed by atoms with E-state index >= 15 is 0 Å². The lowest BCUT2D eigenvalue weighted by Crippen LogP contribution is -2.39. The predicted octanol–water partition coefficient (Wildman–Crippen LogP) is 1.05. The number of hydrogen-bond acceptors (Lipinski definition) is 5. The van der Waals surface area contributed by atoms with Crippen LogP contribution in [-0.4, -0.2) is 27.9 Å². The Balaban J connectivity index is 2.07. The van der Waals surface area contributed by atoms with Gasteiger partial charge in [0.2, 0.25) is 11.8 Å². The van der Waals surface area contributed by atoms with Crippen molar-refractivity contribution >= 4 is 28.9 Å². The average molecular weight is 274 g/mol. The van der Waals surface area contributed by atoms with Crippen molar-refractivity contribution in [2.45, 2.75) is 18.8 Å². The van der Waals surface area contributed by atoms with Crippen molar-refractivity contribution in [2.75, 3.05) is 0 Å².